The molecule has 2 aliphatic heterocycles. The molecule has 0 N–H and O–H groups in total. The molecule has 2 fully saturated rings. The number of carbonyl (C=O) groups excluding carboxylic acids is 2. The molecule has 0 aliphatic carbocycles. The fourth-order valence-corrected chi connectivity index (χ4v) is 5.35. The van der Waals surface area contributed by atoms with Crippen LogP contribution in [0.5, 0.6) is 0 Å². The molecule has 5 nitrogen and oxygen atoms in total. The average Bonchev–Trinajstić information content (AvgIpc) is 3.33. The molecule has 1 atom stereocenters. The average molecular weight is 479 g/mol. The summed E-state index contributed by atoms with van der Waals surface area (Å²) >= 11 is 13.9. The normalized spacial score (nSPS) is 19.0. The summed E-state index contributed by atoms with van der Waals surface area (Å²) in [5, 5.41) is 0.628. The van der Waals surface area contributed by atoms with E-state index in [1.807, 2.05) is 29.2 Å². The summed E-state index contributed by atoms with van der Waals surface area (Å²) in [4.78, 5) is 30.6. The second-order valence-electron chi connectivity index (χ2n) is 7.63. The van der Waals surface area contributed by atoms with Crippen molar-refractivity contribution in [1.29, 1.82) is 0 Å². The van der Waals surface area contributed by atoms with Gasteiger partial charge in [0.25, 0.3) is 11.8 Å². The summed E-state index contributed by atoms with van der Waals surface area (Å²) in [6, 6.07) is 12.8. The maximum Gasteiger partial charge on any atom is 0.255 e. The largest absolute Gasteiger partial charge is 0.377 e. The first-order valence-corrected chi connectivity index (χ1v) is 12.1. The first-order valence-electron chi connectivity index (χ1n) is 10.4. The van der Waals surface area contributed by atoms with Gasteiger partial charge in [-0.05, 0) is 37.1 Å². The molecule has 2 amide bonds. The maximum absolute atomic E-state index is 13.2. The van der Waals surface area contributed by atoms with Gasteiger partial charge in [0, 0.05) is 43.4 Å². The van der Waals surface area contributed by atoms with Crippen LogP contribution >= 0.6 is 35.0 Å². The van der Waals surface area contributed by atoms with E-state index in [-0.39, 0.29) is 22.9 Å². The summed E-state index contributed by atoms with van der Waals surface area (Å²) in [7, 11) is 0. The minimum atomic E-state index is -0.160. The summed E-state index contributed by atoms with van der Waals surface area (Å²) in [6.45, 7) is 2.70. The first-order chi connectivity index (χ1) is 15.0. The fourth-order valence-electron chi connectivity index (χ4n) is 3.85. The third kappa shape index (κ3) is 5.20. The number of thioether (sulfide) groups is 1. The lowest BCUT2D eigenvalue weighted by Crippen LogP contribution is -2.50. The molecule has 2 heterocycles. The Bertz CT molecular complexity index is 958. The van der Waals surface area contributed by atoms with Crippen molar-refractivity contribution in [3.8, 4) is 0 Å². The highest BCUT2D eigenvalue weighted by Crippen LogP contribution is 2.29. The van der Waals surface area contributed by atoms with Crippen LogP contribution < -0.4 is 0 Å². The van der Waals surface area contributed by atoms with Crippen LogP contribution in [-0.4, -0.2) is 66.3 Å². The van der Waals surface area contributed by atoms with Gasteiger partial charge in [0.1, 0.15) is 0 Å². The zero-order valence-corrected chi connectivity index (χ0v) is 19.4. The predicted octanol–water partition coefficient (Wildman–Crippen LogP) is 4.86. The van der Waals surface area contributed by atoms with Crippen LogP contribution in [-0.2, 0) is 4.74 Å². The van der Waals surface area contributed by atoms with Gasteiger partial charge in [0.2, 0.25) is 0 Å². The number of amides is 2. The first kappa shape index (κ1) is 22.5. The molecule has 0 spiro atoms. The molecule has 4 rings (SSSR count). The van der Waals surface area contributed by atoms with E-state index in [2.05, 4.69) is 0 Å². The van der Waals surface area contributed by atoms with Crippen LogP contribution in [0.2, 0.25) is 10.0 Å². The second kappa shape index (κ2) is 10.3. The monoisotopic (exact) mass is 478 g/mol. The van der Waals surface area contributed by atoms with Crippen molar-refractivity contribution in [1.82, 2.24) is 9.80 Å². The Kier molecular flexibility index (Phi) is 7.43. The van der Waals surface area contributed by atoms with Crippen molar-refractivity contribution in [2.75, 3.05) is 38.5 Å². The van der Waals surface area contributed by atoms with Crippen LogP contribution in [0.25, 0.3) is 0 Å². The summed E-state index contributed by atoms with van der Waals surface area (Å²) in [5.41, 5.74) is 1.10. The molecule has 2 aromatic carbocycles. The minimum Gasteiger partial charge on any atom is -0.377 e. The molecule has 2 aliphatic rings. The molecule has 2 aromatic rings. The van der Waals surface area contributed by atoms with Crippen LogP contribution in [0.1, 0.15) is 33.6 Å². The van der Waals surface area contributed by atoms with E-state index in [4.69, 9.17) is 27.9 Å². The smallest absolute Gasteiger partial charge is 0.255 e. The molecule has 31 heavy (non-hydrogen) atoms. The lowest BCUT2D eigenvalue weighted by atomic mass is 10.1. The van der Waals surface area contributed by atoms with Gasteiger partial charge in [-0.1, -0.05) is 41.4 Å². The number of halogens is 2. The lowest BCUT2D eigenvalue weighted by Gasteiger charge is -2.35. The van der Waals surface area contributed by atoms with Crippen LogP contribution in [0, 0.1) is 0 Å². The molecule has 164 valence electrons. The lowest BCUT2D eigenvalue weighted by molar-refractivity contribution is 0.0533. The SMILES string of the molecule is O=C(c1ccccc1SCC1CCCO1)N1CCN(C(=O)c2cccc(Cl)c2Cl)CC1. The van der Waals surface area contributed by atoms with Crippen molar-refractivity contribution < 1.29 is 14.3 Å². The number of ether oxygens (including phenoxy) is 1. The molecular weight excluding hydrogens is 455 g/mol. The topological polar surface area (TPSA) is 49.9 Å². The minimum absolute atomic E-state index is 0.00308. The zero-order valence-electron chi connectivity index (χ0n) is 17.1. The van der Waals surface area contributed by atoms with Gasteiger partial charge >= 0.3 is 0 Å². The van der Waals surface area contributed by atoms with E-state index in [1.54, 1.807) is 34.9 Å². The van der Waals surface area contributed by atoms with Crippen LogP contribution in [0.3, 0.4) is 0 Å². The molecule has 0 aromatic heterocycles. The summed E-state index contributed by atoms with van der Waals surface area (Å²) < 4.78 is 5.71. The van der Waals surface area contributed by atoms with Crippen molar-refractivity contribution in [3.05, 3.63) is 63.6 Å². The van der Waals surface area contributed by atoms with E-state index in [0.29, 0.717) is 42.3 Å². The van der Waals surface area contributed by atoms with Crippen molar-refractivity contribution in [2.24, 2.45) is 0 Å². The van der Waals surface area contributed by atoms with E-state index in [1.165, 1.54) is 0 Å². The van der Waals surface area contributed by atoms with Gasteiger partial charge in [-0.25, -0.2) is 0 Å². The Morgan fingerprint density at radius 3 is 2.26 bits per heavy atom. The number of piperazine rings is 1. The highest BCUT2D eigenvalue weighted by molar-refractivity contribution is 7.99. The molecule has 0 bridgehead atoms. The molecule has 0 saturated carbocycles. The van der Waals surface area contributed by atoms with Crippen molar-refractivity contribution in [2.45, 2.75) is 23.8 Å². The highest BCUT2D eigenvalue weighted by atomic mass is 35.5. The molecule has 8 heteroatoms. The Balaban J connectivity index is 1.38. The van der Waals surface area contributed by atoms with E-state index in [0.717, 1.165) is 30.1 Å². The number of nitrogens with zero attached hydrogens (tertiary/aromatic N) is 2. The van der Waals surface area contributed by atoms with Gasteiger partial charge in [-0.2, -0.15) is 0 Å². The highest BCUT2D eigenvalue weighted by Gasteiger charge is 2.28. The Morgan fingerprint density at radius 2 is 1.58 bits per heavy atom. The second-order valence-corrected chi connectivity index (χ2v) is 9.47. The fraction of sp³-hybridized carbons (Fsp3) is 0.391. The third-order valence-corrected chi connectivity index (χ3v) is 7.63. The Morgan fingerprint density at radius 1 is 0.935 bits per heavy atom. The maximum atomic E-state index is 13.2. The number of hydrogen-bond acceptors (Lipinski definition) is 4. The number of hydrogen-bond donors (Lipinski definition) is 0. The number of benzene rings is 2. The van der Waals surface area contributed by atoms with Gasteiger partial charge in [-0.15, -0.1) is 11.8 Å². The van der Waals surface area contributed by atoms with Crippen molar-refractivity contribution >= 4 is 46.8 Å². The predicted molar refractivity (Wildman–Crippen MR) is 124 cm³/mol. The van der Waals surface area contributed by atoms with Gasteiger partial charge in [0.15, 0.2) is 0 Å². The van der Waals surface area contributed by atoms with Crippen molar-refractivity contribution in [3.63, 3.8) is 0 Å². The Hall–Kier alpha value is -1.73. The number of rotatable bonds is 5. The van der Waals surface area contributed by atoms with Crippen LogP contribution in [0.4, 0.5) is 0 Å². The molecular formula is C23H24Cl2N2O3S. The molecule has 1 unspecified atom stereocenters. The third-order valence-electron chi connectivity index (χ3n) is 5.60. The summed E-state index contributed by atoms with van der Waals surface area (Å²) in [5.74, 6) is 0.697. The van der Waals surface area contributed by atoms with E-state index in [9.17, 15) is 9.59 Å². The van der Waals surface area contributed by atoms with Gasteiger partial charge < -0.3 is 14.5 Å². The van der Waals surface area contributed by atoms with Gasteiger partial charge in [0.05, 0.1) is 27.3 Å². The molecule has 2 saturated heterocycles. The van der Waals surface area contributed by atoms with E-state index < -0.39 is 0 Å². The van der Waals surface area contributed by atoms with Gasteiger partial charge in [-0.3, -0.25) is 9.59 Å². The zero-order chi connectivity index (χ0) is 21.8. The van der Waals surface area contributed by atoms with E-state index >= 15 is 0 Å². The molecule has 0 radical (unpaired) electrons. The summed E-state index contributed by atoms with van der Waals surface area (Å²) in [6.07, 6.45) is 2.45. The standard InChI is InChI=1S/C23H24Cl2N2O3S/c24-19-8-3-7-18(21(19)25)23(29)27-12-10-26(11-13-27)22(28)17-6-1-2-9-20(17)31-15-16-5-4-14-30-16/h1-3,6-9,16H,4-5,10-15H2. The van der Waals surface area contributed by atoms with Crippen LogP contribution in [0.15, 0.2) is 47.4 Å². The number of carbonyl (C=O) groups is 2. The quantitative estimate of drug-likeness (QED) is 0.575. The Labute approximate surface area is 196 Å².